The molecule has 0 amide bonds. The Balaban J connectivity index is 4.41. The van der Waals surface area contributed by atoms with E-state index in [2.05, 4.69) is 0 Å². The summed E-state index contributed by atoms with van der Waals surface area (Å²) in [5.74, 6) is -3.83. The lowest BCUT2D eigenvalue weighted by Gasteiger charge is -2.13. The SMILES string of the molecule is CC=CCC(C(=O)O)C(C)C(=O)O. The molecule has 0 aromatic heterocycles. The fourth-order valence-corrected chi connectivity index (χ4v) is 0.974. The average Bonchev–Trinajstić information content (AvgIpc) is 2.04. The number of hydrogen-bond acceptors (Lipinski definition) is 2. The number of carbonyl (C=O) groups is 2. The summed E-state index contributed by atoms with van der Waals surface area (Å²) in [5.41, 5.74) is 0. The van der Waals surface area contributed by atoms with Gasteiger partial charge in [0.2, 0.25) is 0 Å². The first-order chi connectivity index (χ1) is 6.00. The third kappa shape index (κ3) is 3.73. The molecule has 0 radical (unpaired) electrons. The summed E-state index contributed by atoms with van der Waals surface area (Å²) in [6, 6.07) is 0. The third-order valence-electron chi connectivity index (χ3n) is 1.94. The minimum Gasteiger partial charge on any atom is -0.481 e. The molecule has 0 spiro atoms. The highest BCUT2D eigenvalue weighted by Gasteiger charge is 2.28. The van der Waals surface area contributed by atoms with E-state index in [4.69, 9.17) is 10.2 Å². The van der Waals surface area contributed by atoms with Crippen LogP contribution >= 0.6 is 0 Å². The Morgan fingerprint density at radius 2 is 1.85 bits per heavy atom. The molecule has 74 valence electrons. The van der Waals surface area contributed by atoms with Crippen molar-refractivity contribution in [1.29, 1.82) is 0 Å². The smallest absolute Gasteiger partial charge is 0.307 e. The molecular formula is C9H14O4. The van der Waals surface area contributed by atoms with Gasteiger partial charge in [-0.1, -0.05) is 19.1 Å². The summed E-state index contributed by atoms with van der Waals surface area (Å²) >= 11 is 0. The molecule has 0 aliphatic rings. The van der Waals surface area contributed by atoms with E-state index in [0.717, 1.165) is 0 Å². The van der Waals surface area contributed by atoms with Crippen LogP contribution in [0.15, 0.2) is 12.2 Å². The number of aliphatic carboxylic acids is 2. The molecule has 0 aromatic rings. The van der Waals surface area contributed by atoms with Crippen molar-refractivity contribution in [2.24, 2.45) is 11.8 Å². The second-order valence-corrected chi connectivity index (χ2v) is 2.88. The third-order valence-corrected chi connectivity index (χ3v) is 1.94. The Kier molecular flexibility index (Phi) is 4.80. The number of carboxylic acid groups (broad SMARTS) is 2. The largest absolute Gasteiger partial charge is 0.481 e. The van der Waals surface area contributed by atoms with Crippen molar-refractivity contribution in [3.8, 4) is 0 Å². The first-order valence-corrected chi connectivity index (χ1v) is 4.07. The summed E-state index contributed by atoms with van der Waals surface area (Å²) in [6.07, 6.45) is 3.64. The molecular weight excluding hydrogens is 172 g/mol. The number of rotatable bonds is 5. The lowest BCUT2D eigenvalue weighted by Crippen LogP contribution is -2.27. The molecule has 0 aliphatic heterocycles. The summed E-state index contributed by atoms with van der Waals surface area (Å²) in [7, 11) is 0. The maximum absolute atomic E-state index is 10.7. The zero-order valence-corrected chi connectivity index (χ0v) is 7.73. The van der Waals surface area contributed by atoms with E-state index in [1.165, 1.54) is 6.92 Å². The van der Waals surface area contributed by atoms with Crippen LogP contribution in [-0.4, -0.2) is 22.2 Å². The summed E-state index contributed by atoms with van der Waals surface area (Å²) in [6.45, 7) is 3.18. The number of allylic oxidation sites excluding steroid dienone is 2. The minimum atomic E-state index is -1.07. The molecule has 0 aliphatic carbocycles. The van der Waals surface area contributed by atoms with E-state index in [0.29, 0.717) is 0 Å². The van der Waals surface area contributed by atoms with E-state index >= 15 is 0 Å². The van der Waals surface area contributed by atoms with Gasteiger partial charge in [0.25, 0.3) is 0 Å². The van der Waals surface area contributed by atoms with E-state index in [-0.39, 0.29) is 6.42 Å². The Morgan fingerprint density at radius 3 is 2.15 bits per heavy atom. The molecule has 13 heavy (non-hydrogen) atoms. The molecule has 0 heterocycles. The highest BCUT2D eigenvalue weighted by molar-refractivity contribution is 5.79. The molecule has 4 nitrogen and oxygen atoms in total. The topological polar surface area (TPSA) is 74.6 Å². The van der Waals surface area contributed by atoms with Crippen LogP contribution in [0.5, 0.6) is 0 Å². The maximum atomic E-state index is 10.7. The highest BCUT2D eigenvalue weighted by Crippen LogP contribution is 2.16. The highest BCUT2D eigenvalue weighted by atomic mass is 16.4. The molecule has 0 fully saturated rings. The van der Waals surface area contributed by atoms with E-state index in [9.17, 15) is 9.59 Å². The van der Waals surface area contributed by atoms with Crippen LogP contribution < -0.4 is 0 Å². The van der Waals surface area contributed by atoms with Gasteiger partial charge >= 0.3 is 11.9 Å². The van der Waals surface area contributed by atoms with Gasteiger partial charge in [-0.2, -0.15) is 0 Å². The van der Waals surface area contributed by atoms with Crippen LogP contribution in [-0.2, 0) is 9.59 Å². The zero-order chi connectivity index (χ0) is 10.4. The fourth-order valence-electron chi connectivity index (χ4n) is 0.974. The van der Waals surface area contributed by atoms with Gasteiger partial charge < -0.3 is 10.2 Å². The van der Waals surface area contributed by atoms with Crippen LogP contribution in [0.1, 0.15) is 20.3 Å². The lowest BCUT2D eigenvalue weighted by molar-refractivity contribution is -0.152. The second-order valence-electron chi connectivity index (χ2n) is 2.88. The Bertz CT molecular complexity index is 220. The molecule has 2 unspecified atom stereocenters. The van der Waals surface area contributed by atoms with Crippen LogP contribution in [0.4, 0.5) is 0 Å². The Labute approximate surface area is 76.9 Å². The molecule has 0 saturated carbocycles. The molecule has 0 bridgehead atoms. The van der Waals surface area contributed by atoms with E-state index in [1.807, 2.05) is 0 Å². The Morgan fingerprint density at radius 1 is 1.31 bits per heavy atom. The minimum absolute atomic E-state index is 0.263. The van der Waals surface area contributed by atoms with Crippen molar-refractivity contribution in [3.63, 3.8) is 0 Å². The van der Waals surface area contributed by atoms with Crippen LogP contribution in [0.2, 0.25) is 0 Å². The van der Waals surface area contributed by atoms with Gasteiger partial charge in [-0.05, 0) is 13.3 Å². The number of carboxylic acids is 2. The average molecular weight is 186 g/mol. The van der Waals surface area contributed by atoms with Gasteiger partial charge in [-0.3, -0.25) is 9.59 Å². The molecule has 2 atom stereocenters. The molecule has 4 heteroatoms. The van der Waals surface area contributed by atoms with Crippen molar-refractivity contribution in [2.75, 3.05) is 0 Å². The van der Waals surface area contributed by atoms with E-state index in [1.54, 1.807) is 19.1 Å². The molecule has 0 saturated heterocycles. The Hall–Kier alpha value is -1.32. The first-order valence-electron chi connectivity index (χ1n) is 4.07. The summed E-state index contributed by atoms with van der Waals surface area (Å²) < 4.78 is 0. The molecule has 0 aromatic carbocycles. The normalized spacial score (nSPS) is 15.5. The van der Waals surface area contributed by atoms with Crippen molar-refractivity contribution in [3.05, 3.63) is 12.2 Å². The molecule has 2 N–H and O–H groups in total. The van der Waals surface area contributed by atoms with Gasteiger partial charge in [0, 0.05) is 0 Å². The van der Waals surface area contributed by atoms with Gasteiger partial charge in [0.05, 0.1) is 11.8 Å². The van der Waals surface area contributed by atoms with Gasteiger partial charge in [-0.15, -0.1) is 0 Å². The van der Waals surface area contributed by atoms with Gasteiger partial charge in [0.1, 0.15) is 0 Å². The van der Waals surface area contributed by atoms with E-state index < -0.39 is 23.8 Å². The summed E-state index contributed by atoms with van der Waals surface area (Å²) in [5, 5.41) is 17.3. The van der Waals surface area contributed by atoms with Crippen LogP contribution in [0.25, 0.3) is 0 Å². The maximum Gasteiger partial charge on any atom is 0.307 e. The van der Waals surface area contributed by atoms with Gasteiger partial charge in [0.15, 0.2) is 0 Å². The predicted molar refractivity (Wildman–Crippen MR) is 47.4 cm³/mol. The zero-order valence-electron chi connectivity index (χ0n) is 7.73. The fraction of sp³-hybridized carbons (Fsp3) is 0.556. The van der Waals surface area contributed by atoms with Gasteiger partial charge in [-0.25, -0.2) is 0 Å². The quantitative estimate of drug-likeness (QED) is 0.636. The van der Waals surface area contributed by atoms with Crippen molar-refractivity contribution < 1.29 is 19.8 Å². The monoisotopic (exact) mass is 186 g/mol. The predicted octanol–water partition coefficient (Wildman–Crippen LogP) is 1.37. The number of hydrogen-bond donors (Lipinski definition) is 2. The van der Waals surface area contributed by atoms with Crippen molar-refractivity contribution in [1.82, 2.24) is 0 Å². The van der Waals surface area contributed by atoms with Crippen LogP contribution in [0, 0.1) is 11.8 Å². The second kappa shape index (κ2) is 5.35. The molecule has 0 rings (SSSR count). The first kappa shape index (κ1) is 11.7. The van der Waals surface area contributed by atoms with Crippen LogP contribution in [0.3, 0.4) is 0 Å². The van der Waals surface area contributed by atoms with Crippen molar-refractivity contribution >= 4 is 11.9 Å². The summed E-state index contributed by atoms with van der Waals surface area (Å²) in [4.78, 5) is 21.2. The van der Waals surface area contributed by atoms with Crippen molar-refractivity contribution in [2.45, 2.75) is 20.3 Å². The lowest BCUT2D eigenvalue weighted by atomic mass is 9.91. The standard InChI is InChI=1S/C9H14O4/c1-3-4-5-7(9(12)13)6(2)8(10)11/h3-4,6-7H,5H2,1-2H3,(H,10,11)(H,12,13).